The van der Waals surface area contributed by atoms with Crippen molar-refractivity contribution in [3.8, 4) is 0 Å². The summed E-state index contributed by atoms with van der Waals surface area (Å²) in [7, 11) is 2.67. The van der Waals surface area contributed by atoms with Crippen molar-refractivity contribution in [1.29, 1.82) is 0 Å². The van der Waals surface area contributed by atoms with Gasteiger partial charge in [-0.15, -0.1) is 0 Å². The molecule has 0 spiro atoms. The number of carboxylic acid groups (broad SMARTS) is 2. The highest BCUT2D eigenvalue weighted by molar-refractivity contribution is 5.97. The van der Waals surface area contributed by atoms with Gasteiger partial charge in [0, 0.05) is 14.2 Å². The van der Waals surface area contributed by atoms with Gasteiger partial charge in [0.25, 0.3) is 0 Å². The smallest absolute Gasteiger partial charge is 0.332 e. The van der Waals surface area contributed by atoms with E-state index in [2.05, 4.69) is 6.58 Å². The molecule has 0 amide bonds. The van der Waals surface area contributed by atoms with E-state index in [1.54, 1.807) is 60.7 Å². The molecule has 27 heavy (non-hydrogen) atoms. The second kappa shape index (κ2) is 8.62. The van der Waals surface area contributed by atoms with Crippen LogP contribution in [0.4, 0.5) is 0 Å². The zero-order valence-electron chi connectivity index (χ0n) is 15.2. The lowest BCUT2D eigenvalue weighted by atomic mass is 9.67. The Morgan fingerprint density at radius 1 is 0.852 bits per heavy atom. The molecule has 0 radical (unpaired) electrons. The lowest BCUT2D eigenvalue weighted by Crippen LogP contribution is -2.47. The fraction of sp³-hybridized carbons (Fsp3) is 0.238. The number of rotatable bonds is 9. The summed E-state index contributed by atoms with van der Waals surface area (Å²) >= 11 is 0. The first-order chi connectivity index (χ1) is 12.9. The van der Waals surface area contributed by atoms with Crippen molar-refractivity contribution in [3.63, 3.8) is 0 Å². The Hall–Kier alpha value is -2.96. The number of benzene rings is 2. The topological polar surface area (TPSA) is 93.1 Å². The van der Waals surface area contributed by atoms with E-state index in [0.717, 1.165) is 0 Å². The maximum absolute atomic E-state index is 12.6. The van der Waals surface area contributed by atoms with Crippen molar-refractivity contribution in [2.24, 2.45) is 5.41 Å². The molecule has 0 aliphatic heterocycles. The van der Waals surface area contributed by atoms with Gasteiger partial charge in [-0.1, -0.05) is 67.2 Å². The minimum atomic E-state index is -2.10. The fourth-order valence-corrected chi connectivity index (χ4v) is 3.41. The van der Waals surface area contributed by atoms with Gasteiger partial charge < -0.3 is 19.7 Å². The lowest BCUT2D eigenvalue weighted by Gasteiger charge is -2.41. The molecule has 0 saturated heterocycles. The maximum atomic E-state index is 12.6. The van der Waals surface area contributed by atoms with Gasteiger partial charge in [0.2, 0.25) is 0 Å². The summed E-state index contributed by atoms with van der Waals surface area (Å²) in [5.41, 5.74) is -1.62. The molecule has 2 aromatic carbocycles. The third-order valence-corrected chi connectivity index (χ3v) is 4.61. The summed E-state index contributed by atoms with van der Waals surface area (Å²) in [5, 5.41) is 20.0. The van der Waals surface area contributed by atoms with E-state index in [1.807, 2.05) is 0 Å². The van der Waals surface area contributed by atoms with Gasteiger partial charge in [-0.3, -0.25) is 4.79 Å². The molecule has 0 fully saturated rings. The Morgan fingerprint density at radius 3 is 1.48 bits per heavy atom. The second-order valence-electron chi connectivity index (χ2n) is 6.01. The number of methoxy groups -OCH3 is 2. The van der Waals surface area contributed by atoms with Gasteiger partial charge in [-0.05, 0) is 11.1 Å². The molecule has 2 unspecified atom stereocenters. The van der Waals surface area contributed by atoms with E-state index in [4.69, 9.17) is 9.47 Å². The van der Waals surface area contributed by atoms with Crippen LogP contribution >= 0.6 is 0 Å². The number of ether oxygens (including phenoxy) is 2. The van der Waals surface area contributed by atoms with Crippen LogP contribution < -0.4 is 0 Å². The minimum Gasteiger partial charge on any atom is -0.480 e. The van der Waals surface area contributed by atoms with Crippen molar-refractivity contribution >= 4 is 11.9 Å². The average Bonchev–Trinajstić information content (AvgIpc) is 2.68. The van der Waals surface area contributed by atoms with Crippen LogP contribution in [0.25, 0.3) is 0 Å². The largest absolute Gasteiger partial charge is 0.480 e. The van der Waals surface area contributed by atoms with Crippen LogP contribution in [-0.2, 0) is 19.1 Å². The zero-order chi connectivity index (χ0) is 20.0. The minimum absolute atomic E-state index is 0.503. The van der Waals surface area contributed by atoms with Crippen LogP contribution in [0.5, 0.6) is 0 Å². The van der Waals surface area contributed by atoms with E-state index in [-0.39, 0.29) is 0 Å². The van der Waals surface area contributed by atoms with Crippen LogP contribution in [0, 0.1) is 5.41 Å². The highest BCUT2D eigenvalue weighted by atomic mass is 16.5. The van der Waals surface area contributed by atoms with E-state index in [0.29, 0.717) is 11.1 Å². The molecular formula is C21H22O6. The Bertz CT molecular complexity index is 752. The zero-order valence-corrected chi connectivity index (χ0v) is 15.2. The quantitative estimate of drug-likeness (QED) is 0.657. The summed E-state index contributed by atoms with van der Waals surface area (Å²) in [4.78, 5) is 24.5. The summed E-state index contributed by atoms with van der Waals surface area (Å²) in [5.74, 6) is -2.84. The fourth-order valence-electron chi connectivity index (χ4n) is 3.41. The monoisotopic (exact) mass is 370 g/mol. The number of hydrogen-bond donors (Lipinski definition) is 2. The normalized spacial score (nSPS) is 15.3. The molecule has 0 bridgehead atoms. The van der Waals surface area contributed by atoms with Gasteiger partial charge >= 0.3 is 11.9 Å². The number of carbonyl (C=O) groups is 2. The molecule has 0 aromatic heterocycles. The summed E-state index contributed by atoms with van der Waals surface area (Å²) in [6, 6.07) is 17.2. The van der Waals surface area contributed by atoms with E-state index < -0.39 is 35.1 Å². The first kappa shape index (κ1) is 20.4. The Kier molecular flexibility index (Phi) is 6.50. The second-order valence-corrected chi connectivity index (χ2v) is 6.01. The van der Waals surface area contributed by atoms with Crippen LogP contribution in [-0.4, -0.2) is 36.4 Å². The highest BCUT2D eigenvalue weighted by Crippen LogP contribution is 2.52. The van der Waals surface area contributed by atoms with Gasteiger partial charge in [-0.2, -0.15) is 0 Å². The maximum Gasteiger partial charge on any atom is 0.332 e. The Morgan fingerprint density at radius 2 is 1.22 bits per heavy atom. The van der Waals surface area contributed by atoms with Gasteiger partial charge in [0.15, 0.2) is 5.41 Å². The number of aliphatic carboxylic acids is 2. The molecule has 0 heterocycles. The van der Waals surface area contributed by atoms with Gasteiger partial charge in [0.1, 0.15) is 12.2 Å². The molecule has 6 nitrogen and oxygen atoms in total. The average molecular weight is 370 g/mol. The third-order valence-electron chi connectivity index (χ3n) is 4.61. The molecular weight excluding hydrogens is 348 g/mol. The summed E-state index contributed by atoms with van der Waals surface area (Å²) in [6.45, 7) is 3.60. The molecule has 2 N–H and O–H groups in total. The van der Waals surface area contributed by atoms with Crippen LogP contribution in [0.15, 0.2) is 72.8 Å². The first-order valence-electron chi connectivity index (χ1n) is 8.22. The Balaban J connectivity index is 2.82. The molecule has 2 rings (SSSR count). The SMILES string of the molecule is C=C(C(=O)O)C(C(=O)O)(C(OC)c1ccccc1)C(OC)c1ccccc1. The molecule has 142 valence electrons. The Labute approximate surface area is 157 Å². The molecule has 0 aliphatic rings. The summed E-state index contributed by atoms with van der Waals surface area (Å²) < 4.78 is 11.1. The van der Waals surface area contributed by atoms with Crippen LogP contribution in [0.2, 0.25) is 0 Å². The third kappa shape index (κ3) is 3.63. The van der Waals surface area contributed by atoms with Crippen molar-refractivity contribution in [1.82, 2.24) is 0 Å². The van der Waals surface area contributed by atoms with Crippen molar-refractivity contribution < 1.29 is 29.3 Å². The predicted octanol–water partition coefficient (Wildman–Crippen LogP) is 3.47. The van der Waals surface area contributed by atoms with Crippen LogP contribution in [0.3, 0.4) is 0 Å². The number of carboxylic acids is 2. The molecule has 0 aliphatic carbocycles. The van der Waals surface area contributed by atoms with Gasteiger partial charge in [0.05, 0.1) is 5.57 Å². The number of hydrogen-bond acceptors (Lipinski definition) is 4. The van der Waals surface area contributed by atoms with E-state index >= 15 is 0 Å². The van der Waals surface area contributed by atoms with Crippen molar-refractivity contribution in [2.45, 2.75) is 12.2 Å². The lowest BCUT2D eigenvalue weighted by molar-refractivity contribution is -0.173. The van der Waals surface area contributed by atoms with Crippen LogP contribution in [0.1, 0.15) is 23.3 Å². The van der Waals surface area contributed by atoms with Crippen molar-refractivity contribution in [2.75, 3.05) is 14.2 Å². The molecule has 6 heteroatoms. The van der Waals surface area contributed by atoms with Gasteiger partial charge in [-0.25, -0.2) is 4.79 Å². The predicted molar refractivity (Wildman–Crippen MR) is 99.2 cm³/mol. The van der Waals surface area contributed by atoms with Crippen molar-refractivity contribution in [3.05, 3.63) is 83.9 Å². The standard InChI is InChI=1S/C21H22O6/c1-14(19(22)23)21(20(24)25,17(26-2)15-10-6-4-7-11-15)18(27-3)16-12-8-5-9-13-16/h4-13,17-18H,1H2,2-3H3,(H,22,23)(H,24,25). The molecule has 0 saturated carbocycles. The van der Waals surface area contributed by atoms with E-state index in [9.17, 15) is 19.8 Å². The first-order valence-corrected chi connectivity index (χ1v) is 8.22. The highest BCUT2D eigenvalue weighted by Gasteiger charge is 2.58. The molecule has 2 atom stereocenters. The summed E-state index contributed by atoms with van der Waals surface area (Å²) in [6.07, 6.45) is -2.30. The van der Waals surface area contributed by atoms with E-state index in [1.165, 1.54) is 14.2 Å². The molecule has 2 aromatic rings.